The van der Waals surface area contributed by atoms with Gasteiger partial charge in [0.15, 0.2) is 5.13 Å². The second-order valence-corrected chi connectivity index (χ2v) is 6.71. The minimum absolute atomic E-state index is 0.275. The highest BCUT2D eigenvalue weighted by Crippen LogP contribution is 2.24. The van der Waals surface area contributed by atoms with Crippen LogP contribution in [0.15, 0.2) is 47.6 Å². The number of H-pyrrole nitrogens is 1. The topological polar surface area (TPSA) is 96.2 Å². The molecule has 2 heterocycles. The minimum atomic E-state index is -0.275. The van der Waals surface area contributed by atoms with Gasteiger partial charge >= 0.3 is 0 Å². The lowest BCUT2D eigenvalue weighted by molar-refractivity contribution is 0.0955. The number of aryl methyl sites for hydroxylation is 1. The molecule has 4 aromatic rings. The Morgan fingerprint density at radius 3 is 3.04 bits per heavy atom. The van der Waals surface area contributed by atoms with E-state index in [1.807, 2.05) is 31.2 Å². The van der Waals surface area contributed by atoms with Gasteiger partial charge in [-0.25, -0.2) is 10.4 Å². The molecule has 0 aliphatic carbocycles. The second kappa shape index (κ2) is 6.03. The van der Waals surface area contributed by atoms with E-state index in [0.717, 1.165) is 32.4 Å². The van der Waals surface area contributed by atoms with Crippen molar-refractivity contribution in [2.24, 2.45) is 5.10 Å². The van der Waals surface area contributed by atoms with Crippen molar-refractivity contribution in [3.63, 3.8) is 0 Å². The van der Waals surface area contributed by atoms with Crippen LogP contribution in [-0.4, -0.2) is 22.1 Å². The predicted molar refractivity (Wildman–Crippen MR) is 102 cm³/mol. The summed E-state index contributed by atoms with van der Waals surface area (Å²) in [5.41, 5.74) is 12.6. The van der Waals surface area contributed by atoms with E-state index in [1.54, 1.807) is 24.4 Å². The molecular formula is C18H15N5OS. The van der Waals surface area contributed by atoms with Crippen molar-refractivity contribution < 1.29 is 4.79 Å². The number of fused-ring (bicyclic) bond motifs is 2. The Labute approximate surface area is 147 Å². The number of hydrazone groups is 1. The van der Waals surface area contributed by atoms with Gasteiger partial charge in [-0.15, -0.1) is 0 Å². The largest absolute Gasteiger partial charge is 0.375 e. The summed E-state index contributed by atoms with van der Waals surface area (Å²) in [5, 5.41) is 5.66. The summed E-state index contributed by atoms with van der Waals surface area (Å²) in [4.78, 5) is 19.8. The number of nitrogens with zero attached hydrogens (tertiary/aromatic N) is 2. The van der Waals surface area contributed by atoms with Crippen molar-refractivity contribution >= 4 is 49.7 Å². The molecule has 124 valence electrons. The summed E-state index contributed by atoms with van der Waals surface area (Å²) < 4.78 is 0.876. The van der Waals surface area contributed by atoms with Crippen molar-refractivity contribution in [1.82, 2.24) is 15.4 Å². The summed E-state index contributed by atoms with van der Waals surface area (Å²) in [5.74, 6) is -0.275. The summed E-state index contributed by atoms with van der Waals surface area (Å²) in [6, 6.07) is 13.2. The maximum absolute atomic E-state index is 12.3. The average Bonchev–Trinajstić information content (AvgIpc) is 3.12. The van der Waals surface area contributed by atoms with E-state index in [1.165, 1.54) is 11.3 Å². The molecule has 25 heavy (non-hydrogen) atoms. The molecule has 0 aliphatic rings. The number of carbonyl (C=O) groups is 1. The van der Waals surface area contributed by atoms with Gasteiger partial charge in [0.1, 0.15) is 0 Å². The fourth-order valence-corrected chi connectivity index (χ4v) is 3.54. The van der Waals surface area contributed by atoms with Crippen LogP contribution in [0.4, 0.5) is 5.13 Å². The monoisotopic (exact) mass is 349 g/mol. The molecule has 2 aromatic carbocycles. The molecule has 0 saturated carbocycles. The van der Waals surface area contributed by atoms with Gasteiger partial charge in [0.25, 0.3) is 5.91 Å². The lowest BCUT2D eigenvalue weighted by Crippen LogP contribution is -2.17. The van der Waals surface area contributed by atoms with E-state index in [0.29, 0.717) is 10.7 Å². The molecule has 6 nitrogen and oxygen atoms in total. The third-order valence-corrected chi connectivity index (χ3v) is 4.82. The minimum Gasteiger partial charge on any atom is -0.375 e. The standard InChI is InChI=1S/C18H15N5OS/c1-10-13(12-4-2-3-5-14(12)21-10)9-20-23-17(24)11-6-7-15-16(8-11)25-18(19)22-15/h2-9,21H,1H3,(H2,19,22)(H,23,24)/b20-9-. The van der Waals surface area contributed by atoms with Gasteiger partial charge < -0.3 is 10.7 Å². The zero-order chi connectivity index (χ0) is 17.4. The van der Waals surface area contributed by atoms with Gasteiger partial charge in [-0.05, 0) is 31.2 Å². The van der Waals surface area contributed by atoms with Crippen LogP contribution in [0.1, 0.15) is 21.6 Å². The van der Waals surface area contributed by atoms with Crippen LogP contribution in [0, 0.1) is 6.92 Å². The van der Waals surface area contributed by atoms with Crippen LogP contribution in [0.5, 0.6) is 0 Å². The Bertz CT molecular complexity index is 1130. The number of nitrogen functional groups attached to an aromatic ring is 1. The summed E-state index contributed by atoms with van der Waals surface area (Å²) >= 11 is 1.35. The van der Waals surface area contributed by atoms with Gasteiger partial charge in [0.2, 0.25) is 0 Å². The van der Waals surface area contributed by atoms with Gasteiger partial charge in [-0.3, -0.25) is 4.79 Å². The average molecular weight is 349 g/mol. The van der Waals surface area contributed by atoms with Crippen LogP contribution in [0.3, 0.4) is 0 Å². The van der Waals surface area contributed by atoms with Gasteiger partial charge in [0, 0.05) is 27.7 Å². The third-order valence-electron chi connectivity index (χ3n) is 3.97. The zero-order valence-corrected chi connectivity index (χ0v) is 14.2. The fraction of sp³-hybridized carbons (Fsp3) is 0.0556. The Hall–Kier alpha value is -3.19. The maximum Gasteiger partial charge on any atom is 0.271 e. The molecule has 2 aromatic heterocycles. The molecule has 0 bridgehead atoms. The Morgan fingerprint density at radius 2 is 2.16 bits per heavy atom. The number of thiazole rings is 1. The van der Waals surface area contributed by atoms with Crippen molar-refractivity contribution in [3.05, 3.63) is 59.3 Å². The number of aromatic nitrogens is 2. The second-order valence-electron chi connectivity index (χ2n) is 5.64. The number of amides is 1. The first-order valence-electron chi connectivity index (χ1n) is 7.68. The molecule has 0 aliphatic heterocycles. The summed E-state index contributed by atoms with van der Waals surface area (Å²) in [6.45, 7) is 1.98. The van der Waals surface area contributed by atoms with E-state index in [2.05, 4.69) is 20.5 Å². The number of para-hydroxylation sites is 1. The number of nitrogens with one attached hydrogen (secondary N) is 2. The van der Waals surface area contributed by atoms with Crippen molar-refractivity contribution in [1.29, 1.82) is 0 Å². The number of hydrogen-bond donors (Lipinski definition) is 3. The molecule has 1 amide bonds. The number of carbonyl (C=O) groups excluding carboxylic acids is 1. The highest BCUT2D eigenvalue weighted by atomic mass is 32.1. The van der Waals surface area contributed by atoms with Crippen LogP contribution < -0.4 is 11.2 Å². The zero-order valence-electron chi connectivity index (χ0n) is 13.4. The first-order valence-corrected chi connectivity index (χ1v) is 8.50. The SMILES string of the molecule is Cc1[nH]c2ccccc2c1/C=N\NC(=O)c1ccc2nc(N)sc2c1. The lowest BCUT2D eigenvalue weighted by atomic mass is 10.1. The number of anilines is 1. The highest BCUT2D eigenvalue weighted by molar-refractivity contribution is 7.22. The van der Waals surface area contributed by atoms with Crippen molar-refractivity contribution in [3.8, 4) is 0 Å². The van der Waals surface area contributed by atoms with E-state index < -0.39 is 0 Å². The third kappa shape index (κ3) is 2.85. The molecule has 0 saturated heterocycles. The fourth-order valence-electron chi connectivity index (χ4n) is 2.77. The normalized spacial score (nSPS) is 11.6. The van der Waals surface area contributed by atoms with Gasteiger partial charge in [-0.2, -0.15) is 5.10 Å². The van der Waals surface area contributed by atoms with Crippen LogP contribution in [0.2, 0.25) is 0 Å². The Kier molecular flexibility index (Phi) is 3.70. The van der Waals surface area contributed by atoms with Crippen molar-refractivity contribution in [2.45, 2.75) is 6.92 Å². The summed E-state index contributed by atoms with van der Waals surface area (Å²) in [6.07, 6.45) is 1.66. The van der Waals surface area contributed by atoms with Crippen molar-refractivity contribution in [2.75, 3.05) is 5.73 Å². The van der Waals surface area contributed by atoms with Gasteiger partial charge in [0.05, 0.1) is 16.4 Å². The number of hydrogen-bond acceptors (Lipinski definition) is 5. The molecule has 0 radical (unpaired) electrons. The smallest absolute Gasteiger partial charge is 0.271 e. The molecule has 0 unspecified atom stereocenters. The quantitative estimate of drug-likeness (QED) is 0.390. The first kappa shape index (κ1) is 15.3. The first-order chi connectivity index (χ1) is 12.1. The number of aromatic amines is 1. The van der Waals surface area contributed by atoms with E-state index >= 15 is 0 Å². The van der Waals surface area contributed by atoms with Crippen LogP contribution in [-0.2, 0) is 0 Å². The molecule has 4 rings (SSSR count). The van der Waals surface area contributed by atoms with Gasteiger partial charge in [-0.1, -0.05) is 29.5 Å². The Morgan fingerprint density at radius 1 is 1.32 bits per heavy atom. The molecule has 0 spiro atoms. The van der Waals surface area contributed by atoms with E-state index in [9.17, 15) is 4.79 Å². The van der Waals surface area contributed by atoms with Crippen LogP contribution >= 0.6 is 11.3 Å². The number of benzene rings is 2. The summed E-state index contributed by atoms with van der Waals surface area (Å²) in [7, 11) is 0. The number of nitrogens with two attached hydrogens (primary N) is 1. The molecule has 0 atom stereocenters. The maximum atomic E-state index is 12.3. The lowest BCUT2D eigenvalue weighted by Gasteiger charge is -2.00. The number of rotatable bonds is 3. The molecular weight excluding hydrogens is 334 g/mol. The predicted octanol–water partition coefficient (Wildman–Crippen LogP) is 3.43. The molecule has 7 heteroatoms. The van der Waals surface area contributed by atoms with E-state index in [4.69, 9.17) is 5.73 Å². The Balaban J connectivity index is 1.55. The van der Waals surface area contributed by atoms with E-state index in [-0.39, 0.29) is 5.91 Å². The highest BCUT2D eigenvalue weighted by Gasteiger charge is 2.09. The molecule has 4 N–H and O–H groups in total. The van der Waals surface area contributed by atoms with Crippen LogP contribution in [0.25, 0.3) is 21.1 Å². The molecule has 0 fully saturated rings.